The van der Waals surface area contributed by atoms with Gasteiger partial charge in [0.05, 0.1) is 25.2 Å². The van der Waals surface area contributed by atoms with E-state index in [-0.39, 0.29) is 24.9 Å². The predicted molar refractivity (Wildman–Crippen MR) is 232 cm³/mol. The van der Waals surface area contributed by atoms with Crippen LogP contribution in [0.4, 0.5) is 0 Å². The number of aliphatic hydroxyl groups is 2. The predicted octanol–water partition coefficient (Wildman–Crippen LogP) is 13.1. The van der Waals surface area contributed by atoms with Gasteiger partial charge >= 0.3 is 5.97 Å². The average Bonchev–Trinajstić information content (AvgIpc) is 3.16. The maximum Gasteiger partial charge on any atom is 0.306 e. The van der Waals surface area contributed by atoms with Crippen molar-refractivity contribution in [3.05, 3.63) is 48.6 Å². The van der Waals surface area contributed by atoms with Gasteiger partial charge in [-0.2, -0.15) is 0 Å². The molecule has 6 heteroatoms. The summed E-state index contributed by atoms with van der Waals surface area (Å²) in [6, 6.07) is -0.705. The third-order valence-electron chi connectivity index (χ3n) is 10.3. The van der Waals surface area contributed by atoms with Crippen molar-refractivity contribution in [2.75, 3.05) is 6.61 Å². The molecule has 0 aliphatic heterocycles. The number of hydrogen-bond donors (Lipinski definition) is 3. The summed E-state index contributed by atoms with van der Waals surface area (Å²) in [7, 11) is 0. The lowest BCUT2D eigenvalue weighted by Gasteiger charge is -2.24. The van der Waals surface area contributed by atoms with E-state index in [2.05, 4.69) is 44.3 Å². The molecule has 0 saturated carbocycles. The molecule has 3 atom stereocenters. The molecule has 0 radical (unpaired) electrons. The van der Waals surface area contributed by atoms with Crippen molar-refractivity contribution in [2.24, 2.45) is 0 Å². The van der Waals surface area contributed by atoms with Gasteiger partial charge in [-0.25, -0.2) is 0 Å². The summed E-state index contributed by atoms with van der Waals surface area (Å²) >= 11 is 0. The Balaban J connectivity index is 4.66. The molecular weight excluding hydrogens is 671 g/mol. The number of carbonyl (C=O) groups is 2. The van der Waals surface area contributed by atoms with Crippen molar-refractivity contribution >= 4 is 11.9 Å². The molecule has 0 heterocycles. The summed E-state index contributed by atoms with van der Waals surface area (Å²) in [6.45, 7) is 6.30. The zero-order valence-electron chi connectivity index (χ0n) is 35.6. The van der Waals surface area contributed by atoms with Crippen LogP contribution in [0.25, 0.3) is 0 Å². The number of esters is 1. The van der Waals surface area contributed by atoms with Gasteiger partial charge < -0.3 is 20.3 Å². The Hall–Kier alpha value is -2.18. The second-order valence-corrected chi connectivity index (χ2v) is 15.5. The summed E-state index contributed by atoms with van der Waals surface area (Å²) in [6.07, 6.45) is 48.8. The molecule has 0 spiro atoms. The highest BCUT2D eigenvalue weighted by molar-refractivity contribution is 5.77. The van der Waals surface area contributed by atoms with E-state index in [1.54, 1.807) is 0 Å². The van der Waals surface area contributed by atoms with Crippen LogP contribution in [0.5, 0.6) is 0 Å². The van der Waals surface area contributed by atoms with Crippen LogP contribution in [-0.4, -0.2) is 46.9 Å². The maximum absolute atomic E-state index is 13.1. The van der Waals surface area contributed by atoms with Gasteiger partial charge in [0.25, 0.3) is 0 Å². The first-order valence-corrected chi connectivity index (χ1v) is 22.9. The molecule has 0 rings (SSSR count). The molecule has 0 saturated heterocycles. The highest BCUT2D eigenvalue weighted by Crippen LogP contribution is 2.18. The number of unbranched alkanes of at least 4 members (excludes halogenated alkanes) is 23. The van der Waals surface area contributed by atoms with Crippen molar-refractivity contribution in [2.45, 2.75) is 238 Å². The van der Waals surface area contributed by atoms with E-state index in [1.165, 1.54) is 103 Å². The lowest BCUT2D eigenvalue weighted by atomic mass is 10.0. The van der Waals surface area contributed by atoms with Crippen LogP contribution < -0.4 is 5.32 Å². The Bertz CT molecular complexity index is 941. The van der Waals surface area contributed by atoms with Crippen LogP contribution in [0.1, 0.15) is 220 Å². The number of nitrogens with one attached hydrogen (secondary N) is 1. The minimum absolute atomic E-state index is 0.0631. The van der Waals surface area contributed by atoms with Gasteiger partial charge in [0, 0.05) is 6.42 Å². The van der Waals surface area contributed by atoms with E-state index >= 15 is 0 Å². The van der Waals surface area contributed by atoms with E-state index in [0.717, 1.165) is 70.6 Å². The number of hydrogen-bond acceptors (Lipinski definition) is 5. The molecule has 314 valence electrons. The van der Waals surface area contributed by atoms with E-state index in [4.69, 9.17) is 4.74 Å². The van der Waals surface area contributed by atoms with Gasteiger partial charge in [0.2, 0.25) is 5.91 Å². The van der Waals surface area contributed by atoms with Crippen molar-refractivity contribution in [1.82, 2.24) is 5.32 Å². The fraction of sp³-hybridized carbons (Fsp3) is 0.792. The molecule has 0 aliphatic carbocycles. The molecule has 0 aromatic rings. The second-order valence-electron chi connectivity index (χ2n) is 15.5. The largest absolute Gasteiger partial charge is 0.462 e. The van der Waals surface area contributed by atoms with Crippen molar-refractivity contribution in [1.29, 1.82) is 0 Å². The lowest BCUT2D eigenvalue weighted by Crippen LogP contribution is -2.46. The zero-order chi connectivity index (χ0) is 39.6. The minimum atomic E-state index is -0.791. The fourth-order valence-electron chi connectivity index (χ4n) is 6.79. The van der Waals surface area contributed by atoms with Crippen LogP contribution in [0.2, 0.25) is 0 Å². The first-order chi connectivity index (χ1) is 26.5. The second kappa shape index (κ2) is 42.0. The first-order valence-electron chi connectivity index (χ1n) is 22.9. The number of amides is 1. The Kier molecular flexibility index (Phi) is 40.3. The first kappa shape index (κ1) is 51.8. The maximum atomic E-state index is 13.1. The van der Waals surface area contributed by atoms with Crippen LogP contribution in [0.3, 0.4) is 0 Å². The molecule has 0 aromatic carbocycles. The molecular formula is C48H87NO5. The molecule has 3 unspecified atom stereocenters. The third-order valence-corrected chi connectivity index (χ3v) is 10.3. The van der Waals surface area contributed by atoms with Crippen molar-refractivity contribution in [3.8, 4) is 0 Å². The minimum Gasteiger partial charge on any atom is -0.462 e. The molecule has 3 N–H and O–H groups in total. The van der Waals surface area contributed by atoms with Crippen LogP contribution in [-0.2, 0) is 14.3 Å². The number of ether oxygens (including phenoxy) is 1. The summed E-state index contributed by atoms with van der Waals surface area (Å²) in [5.74, 6) is -0.518. The molecule has 0 aromatic heterocycles. The van der Waals surface area contributed by atoms with Crippen LogP contribution in [0, 0.1) is 0 Å². The molecule has 0 aliphatic rings. The topological polar surface area (TPSA) is 95.9 Å². The highest BCUT2D eigenvalue weighted by Gasteiger charge is 2.24. The number of rotatable bonds is 40. The average molecular weight is 758 g/mol. The molecule has 6 nitrogen and oxygen atoms in total. The van der Waals surface area contributed by atoms with E-state index in [0.29, 0.717) is 19.3 Å². The van der Waals surface area contributed by atoms with Crippen molar-refractivity contribution < 1.29 is 24.5 Å². The molecule has 0 fully saturated rings. The van der Waals surface area contributed by atoms with Crippen molar-refractivity contribution in [3.63, 3.8) is 0 Å². The van der Waals surface area contributed by atoms with Gasteiger partial charge in [0.15, 0.2) is 0 Å². The highest BCUT2D eigenvalue weighted by atomic mass is 16.5. The molecule has 0 bridgehead atoms. The Morgan fingerprint density at radius 3 is 1.50 bits per heavy atom. The zero-order valence-corrected chi connectivity index (χ0v) is 35.6. The van der Waals surface area contributed by atoms with Gasteiger partial charge in [0.1, 0.15) is 6.10 Å². The van der Waals surface area contributed by atoms with E-state index in [1.807, 2.05) is 30.4 Å². The standard InChI is InChI=1S/C48H87NO5/c1-4-7-10-13-16-19-21-23-25-28-30-33-36-39-44(54-48(53)41-38-35-32-29-26-24-22-20-17-14-11-8-5-2)42-47(52)49-45(43-50)46(51)40-37-34-31-27-18-15-12-9-6-3/h8,11,14,17,20,22,24,26,44-46,50-51H,4-7,9-10,12-13,15-16,18-19,21,23,25,27-43H2,1-3H3,(H,49,52)/b11-8+,17-14+,22-20-,26-24-. The normalized spacial score (nSPS) is 13.8. The Morgan fingerprint density at radius 2 is 1.00 bits per heavy atom. The Morgan fingerprint density at radius 1 is 0.556 bits per heavy atom. The SMILES string of the molecule is CC/C=C/C=C/C=C\C=C/CCCCCC(=O)OC(CCCCCCCCCCCCCCC)CC(=O)NC(CO)C(O)CCCCCCCCCCC. The summed E-state index contributed by atoms with van der Waals surface area (Å²) in [4.78, 5) is 26.0. The molecule has 1 amide bonds. The number of allylic oxidation sites excluding steroid dienone is 8. The van der Waals surface area contributed by atoms with Crippen LogP contribution >= 0.6 is 0 Å². The monoisotopic (exact) mass is 758 g/mol. The van der Waals surface area contributed by atoms with Gasteiger partial charge in [-0.3, -0.25) is 9.59 Å². The lowest BCUT2D eigenvalue weighted by molar-refractivity contribution is -0.151. The number of aliphatic hydroxyl groups excluding tert-OH is 2. The van der Waals surface area contributed by atoms with Crippen LogP contribution in [0.15, 0.2) is 48.6 Å². The number of carbonyl (C=O) groups excluding carboxylic acids is 2. The van der Waals surface area contributed by atoms with Gasteiger partial charge in [-0.1, -0.05) is 211 Å². The summed E-state index contributed by atoms with van der Waals surface area (Å²) in [5, 5.41) is 23.6. The fourth-order valence-corrected chi connectivity index (χ4v) is 6.79. The third kappa shape index (κ3) is 36.8. The van der Waals surface area contributed by atoms with Gasteiger partial charge in [-0.05, 0) is 44.9 Å². The smallest absolute Gasteiger partial charge is 0.306 e. The quantitative estimate of drug-likeness (QED) is 0.0329. The van der Waals surface area contributed by atoms with E-state index in [9.17, 15) is 19.8 Å². The Labute approximate surface area is 334 Å². The molecule has 54 heavy (non-hydrogen) atoms. The summed E-state index contributed by atoms with van der Waals surface area (Å²) in [5.41, 5.74) is 0. The van der Waals surface area contributed by atoms with Gasteiger partial charge in [-0.15, -0.1) is 0 Å². The summed E-state index contributed by atoms with van der Waals surface area (Å²) < 4.78 is 5.89. The van der Waals surface area contributed by atoms with E-state index < -0.39 is 18.2 Å².